The Morgan fingerprint density at radius 3 is 2.64 bits per heavy atom. The number of para-hydroxylation sites is 1. The maximum Gasteiger partial charge on any atom is 0.248 e. The van der Waals surface area contributed by atoms with Crippen molar-refractivity contribution < 1.29 is 9.59 Å². The Hall–Kier alpha value is -3.21. The van der Waals surface area contributed by atoms with E-state index in [0.717, 1.165) is 16.5 Å². The van der Waals surface area contributed by atoms with Crippen LogP contribution in [0.5, 0.6) is 0 Å². The van der Waals surface area contributed by atoms with Crippen molar-refractivity contribution in [3.8, 4) is 0 Å². The molecule has 3 N–H and O–H groups in total. The molecule has 3 aromatic rings. The average Bonchev–Trinajstić information content (AvgIpc) is 2.62. The van der Waals surface area contributed by atoms with Crippen LogP contribution in [0, 0.1) is 0 Å². The van der Waals surface area contributed by atoms with E-state index in [2.05, 4.69) is 10.3 Å². The maximum atomic E-state index is 12.1. The molecule has 0 bridgehead atoms. The Bertz CT molecular complexity index is 921. The first-order chi connectivity index (χ1) is 12.1. The van der Waals surface area contributed by atoms with Crippen LogP contribution in [0.25, 0.3) is 10.9 Å². The van der Waals surface area contributed by atoms with Gasteiger partial charge in [0.2, 0.25) is 11.8 Å². The number of amides is 2. The number of hydrogen-bond donors (Lipinski definition) is 2. The zero-order valence-electron chi connectivity index (χ0n) is 13.7. The van der Waals surface area contributed by atoms with E-state index in [1.165, 1.54) is 0 Å². The fourth-order valence-corrected chi connectivity index (χ4v) is 2.78. The first-order valence-corrected chi connectivity index (χ1v) is 8.16. The number of nitrogens with two attached hydrogens (primary N) is 1. The summed E-state index contributed by atoms with van der Waals surface area (Å²) in [5, 5.41) is 3.85. The van der Waals surface area contributed by atoms with E-state index >= 15 is 0 Å². The summed E-state index contributed by atoms with van der Waals surface area (Å²) in [6.07, 6.45) is 3.28. The molecule has 0 unspecified atom stereocenters. The number of carbonyl (C=O) groups excluding carboxylic acids is 2. The molecule has 5 nitrogen and oxygen atoms in total. The van der Waals surface area contributed by atoms with Crippen LogP contribution in [-0.4, -0.2) is 16.8 Å². The van der Waals surface area contributed by atoms with E-state index in [9.17, 15) is 9.59 Å². The Balaban J connectivity index is 1.57. The lowest BCUT2D eigenvalue weighted by Gasteiger charge is -2.08. The van der Waals surface area contributed by atoms with E-state index in [1.54, 1.807) is 18.3 Å². The van der Waals surface area contributed by atoms with Crippen molar-refractivity contribution in [2.24, 2.45) is 5.73 Å². The molecule has 126 valence electrons. The van der Waals surface area contributed by atoms with Gasteiger partial charge in [-0.25, -0.2) is 0 Å². The molecular formula is C20H19N3O2. The van der Waals surface area contributed by atoms with Crippen LogP contribution in [0.1, 0.15) is 28.8 Å². The minimum Gasteiger partial charge on any atom is -0.366 e. The fraction of sp³-hybridized carbons (Fsp3) is 0.150. The Labute approximate surface area is 145 Å². The lowest BCUT2D eigenvalue weighted by Crippen LogP contribution is -2.14. The number of nitrogens with zero attached hydrogens (tertiary/aromatic N) is 1. The molecular weight excluding hydrogens is 314 g/mol. The van der Waals surface area contributed by atoms with Gasteiger partial charge in [-0.05, 0) is 36.6 Å². The average molecular weight is 333 g/mol. The van der Waals surface area contributed by atoms with Gasteiger partial charge in [-0.15, -0.1) is 0 Å². The summed E-state index contributed by atoms with van der Waals surface area (Å²) >= 11 is 0. The van der Waals surface area contributed by atoms with Crippen LogP contribution in [0.15, 0.2) is 60.8 Å². The van der Waals surface area contributed by atoms with Gasteiger partial charge in [-0.1, -0.05) is 36.4 Å². The van der Waals surface area contributed by atoms with Crippen LogP contribution < -0.4 is 11.1 Å². The maximum absolute atomic E-state index is 12.1. The van der Waals surface area contributed by atoms with Crippen molar-refractivity contribution >= 4 is 28.4 Å². The zero-order valence-corrected chi connectivity index (χ0v) is 13.7. The fourth-order valence-electron chi connectivity index (χ4n) is 2.78. The number of aromatic nitrogens is 1. The van der Waals surface area contributed by atoms with Gasteiger partial charge in [0, 0.05) is 17.4 Å². The molecule has 0 atom stereocenters. The zero-order chi connectivity index (χ0) is 17.6. The van der Waals surface area contributed by atoms with Crippen LogP contribution in [0.4, 0.5) is 5.69 Å². The first-order valence-electron chi connectivity index (χ1n) is 8.16. The first kappa shape index (κ1) is 16.6. The Kier molecular flexibility index (Phi) is 5.04. The number of aryl methyl sites for hydroxylation is 1. The molecule has 0 fully saturated rings. The number of fused-ring (bicyclic) bond motifs is 1. The summed E-state index contributed by atoms with van der Waals surface area (Å²) in [6, 6.07) is 16.9. The van der Waals surface area contributed by atoms with Gasteiger partial charge in [0.25, 0.3) is 0 Å². The van der Waals surface area contributed by atoms with E-state index in [4.69, 9.17) is 5.73 Å². The third-order valence-corrected chi connectivity index (χ3v) is 4.01. The van der Waals surface area contributed by atoms with Gasteiger partial charge >= 0.3 is 0 Å². The highest BCUT2D eigenvalue weighted by atomic mass is 16.1. The van der Waals surface area contributed by atoms with E-state index in [1.807, 2.05) is 42.5 Å². The van der Waals surface area contributed by atoms with Crippen molar-refractivity contribution in [1.29, 1.82) is 0 Å². The molecule has 25 heavy (non-hydrogen) atoms. The summed E-state index contributed by atoms with van der Waals surface area (Å²) in [5.41, 5.74) is 8.33. The molecule has 0 aliphatic heterocycles. The number of benzene rings is 2. The topological polar surface area (TPSA) is 85.1 Å². The number of rotatable bonds is 6. The van der Waals surface area contributed by atoms with Gasteiger partial charge in [0.1, 0.15) is 0 Å². The molecule has 1 heterocycles. The number of carbonyl (C=O) groups is 2. The lowest BCUT2D eigenvalue weighted by molar-refractivity contribution is -0.116. The highest BCUT2D eigenvalue weighted by molar-refractivity contribution is 5.94. The van der Waals surface area contributed by atoms with Gasteiger partial charge in [-0.3, -0.25) is 14.6 Å². The van der Waals surface area contributed by atoms with Crippen molar-refractivity contribution in [2.45, 2.75) is 19.3 Å². The second-order valence-corrected chi connectivity index (χ2v) is 5.84. The quantitative estimate of drug-likeness (QED) is 0.726. The molecule has 1 aromatic heterocycles. The van der Waals surface area contributed by atoms with E-state index in [-0.39, 0.29) is 5.91 Å². The Morgan fingerprint density at radius 2 is 1.80 bits per heavy atom. The molecule has 0 saturated heterocycles. The number of anilines is 1. The van der Waals surface area contributed by atoms with Crippen molar-refractivity contribution in [2.75, 3.05) is 5.32 Å². The molecule has 0 aliphatic carbocycles. The molecule has 2 amide bonds. The minimum absolute atomic E-state index is 0.0753. The van der Waals surface area contributed by atoms with Crippen molar-refractivity contribution in [1.82, 2.24) is 4.98 Å². The second-order valence-electron chi connectivity index (χ2n) is 5.84. The number of hydrogen-bond acceptors (Lipinski definition) is 3. The standard InChI is InChI=1S/C20H19N3O2/c21-20(25)17-9-3-1-6-14(17)8-5-11-19(24)23-16-12-15-7-2-4-10-18(15)22-13-16/h1-4,6-7,9-10,12-13H,5,8,11H2,(H2,21,25)(H,23,24). The predicted molar refractivity (Wildman–Crippen MR) is 98.3 cm³/mol. The van der Waals surface area contributed by atoms with E-state index in [0.29, 0.717) is 30.5 Å². The molecule has 5 heteroatoms. The minimum atomic E-state index is -0.442. The summed E-state index contributed by atoms with van der Waals surface area (Å²) in [5.74, 6) is -0.518. The number of nitrogens with one attached hydrogen (secondary N) is 1. The summed E-state index contributed by atoms with van der Waals surface area (Å²) in [6.45, 7) is 0. The van der Waals surface area contributed by atoms with Crippen molar-refractivity contribution in [3.63, 3.8) is 0 Å². The highest BCUT2D eigenvalue weighted by Crippen LogP contribution is 2.17. The third kappa shape index (κ3) is 4.20. The largest absolute Gasteiger partial charge is 0.366 e. The van der Waals surface area contributed by atoms with Gasteiger partial charge < -0.3 is 11.1 Å². The monoisotopic (exact) mass is 333 g/mol. The summed E-state index contributed by atoms with van der Waals surface area (Å²) < 4.78 is 0. The van der Waals surface area contributed by atoms with Crippen LogP contribution in [-0.2, 0) is 11.2 Å². The van der Waals surface area contributed by atoms with Crippen LogP contribution >= 0.6 is 0 Å². The summed E-state index contributed by atoms with van der Waals surface area (Å²) in [4.78, 5) is 27.9. The second kappa shape index (κ2) is 7.57. The SMILES string of the molecule is NC(=O)c1ccccc1CCCC(=O)Nc1cnc2ccccc2c1. The summed E-state index contributed by atoms with van der Waals surface area (Å²) in [7, 11) is 0. The number of primary amides is 1. The smallest absolute Gasteiger partial charge is 0.248 e. The molecule has 2 aromatic carbocycles. The van der Waals surface area contributed by atoms with Crippen LogP contribution in [0.3, 0.4) is 0 Å². The van der Waals surface area contributed by atoms with Gasteiger partial charge in [0.15, 0.2) is 0 Å². The van der Waals surface area contributed by atoms with Crippen molar-refractivity contribution in [3.05, 3.63) is 71.9 Å². The normalized spacial score (nSPS) is 10.6. The molecule has 0 spiro atoms. The molecule has 3 rings (SSSR count). The van der Waals surface area contributed by atoms with E-state index < -0.39 is 5.91 Å². The third-order valence-electron chi connectivity index (χ3n) is 4.01. The predicted octanol–water partition coefficient (Wildman–Crippen LogP) is 3.30. The lowest BCUT2D eigenvalue weighted by atomic mass is 10.0. The van der Waals surface area contributed by atoms with Gasteiger partial charge in [0.05, 0.1) is 17.4 Å². The van der Waals surface area contributed by atoms with Crippen LogP contribution in [0.2, 0.25) is 0 Å². The molecule has 0 aliphatic rings. The van der Waals surface area contributed by atoms with Gasteiger partial charge in [-0.2, -0.15) is 0 Å². The molecule has 0 radical (unpaired) electrons. The molecule has 0 saturated carbocycles. The Morgan fingerprint density at radius 1 is 1.04 bits per heavy atom. The highest BCUT2D eigenvalue weighted by Gasteiger charge is 2.08. The number of pyridine rings is 1.